The van der Waals surface area contributed by atoms with E-state index < -0.39 is 4.92 Å². The van der Waals surface area contributed by atoms with E-state index in [1.807, 2.05) is 13.8 Å². The fraction of sp³-hybridized carbons (Fsp3) is 0.462. The van der Waals surface area contributed by atoms with E-state index in [0.29, 0.717) is 13.1 Å². The molecule has 1 heterocycles. The van der Waals surface area contributed by atoms with Gasteiger partial charge in [-0.05, 0) is 19.9 Å². The zero-order chi connectivity index (χ0) is 14.0. The Labute approximate surface area is 111 Å². The van der Waals surface area contributed by atoms with Gasteiger partial charge in [-0.2, -0.15) is 0 Å². The van der Waals surface area contributed by atoms with E-state index in [-0.39, 0.29) is 29.2 Å². The molecule has 1 fully saturated rings. The molecule has 102 valence electrons. The predicted octanol–water partition coefficient (Wildman–Crippen LogP) is 1.42. The fourth-order valence-electron chi connectivity index (χ4n) is 2.49. The van der Waals surface area contributed by atoms with Crippen molar-refractivity contribution in [3.63, 3.8) is 0 Å². The number of hydrogen-bond donors (Lipinski definition) is 1. The Hall–Kier alpha value is -1.95. The van der Waals surface area contributed by atoms with Crippen molar-refractivity contribution in [3.05, 3.63) is 39.9 Å². The molecule has 19 heavy (non-hydrogen) atoms. The maximum Gasteiger partial charge on any atom is 0.282 e. The fourth-order valence-corrected chi connectivity index (χ4v) is 2.49. The first kappa shape index (κ1) is 13.5. The third-order valence-electron chi connectivity index (χ3n) is 3.39. The number of nitro benzene ring substituents is 1. The zero-order valence-electron chi connectivity index (χ0n) is 11.0. The van der Waals surface area contributed by atoms with Crippen LogP contribution in [0.3, 0.4) is 0 Å². The van der Waals surface area contributed by atoms with E-state index in [0.717, 1.165) is 0 Å². The minimum absolute atomic E-state index is 0.0241. The average molecular weight is 263 g/mol. The van der Waals surface area contributed by atoms with Gasteiger partial charge in [0, 0.05) is 31.2 Å². The summed E-state index contributed by atoms with van der Waals surface area (Å²) in [6.07, 6.45) is 0. The highest BCUT2D eigenvalue weighted by Gasteiger charge is 2.32. The molecule has 1 aliphatic rings. The van der Waals surface area contributed by atoms with Gasteiger partial charge in [0.15, 0.2) is 0 Å². The molecule has 6 heteroatoms. The second-order valence-corrected chi connectivity index (χ2v) is 4.84. The molecule has 2 unspecified atom stereocenters. The van der Waals surface area contributed by atoms with Crippen molar-refractivity contribution >= 4 is 11.6 Å². The second kappa shape index (κ2) is 5.36. The van der Waals surface area contributed by atoms with Gasteiger partial charge in [0.25, 0.3) is 11.6 Å². The zero-order valence-corrected chi connectivity index (χ0v) is 11.0. The van der Waals surface area contributed by atoms with Crippen molar-refractivity contribution in [3.8, 4) is 0 Å². The van der Waals surface area contributed by atoms with Crippen LogP contribution < -0.4 is 5.32 Å². The number of carbonyl (C=O) groups is 1. The lowest BCUT2D eigenvalue weighted by Gasteiger charge is -2.39. The minimum Gasteiger partial charge on any atom is -0.330 e. The van der Waals surface area contributed by atoms with Crippen molar-refractivity contribution in [2.75, 3.05) is 13.1 Å². The number of carbonyl (C=O) groups excluding carboxylic acids is 1. The summed E-state index contributed by atoms with van der Waals surface area (Å²) in [6.45, 7) is 5.29. The third-order valence-corrected chi connectivity index (χ3v) is 3.39. The number of benzene rings is 1. The van der Waals surface area contributed by atoms with Gasteiger partial charge in [-0.3, -0.25) is 14.9 Å². The first-order valence-electron chi connectivity index (χ1n) is 6.29. The molecule has 6 nitrogen and oxygen atoms in total. The van der Waals surface area contributed by atoms with Crippen LogP contribution in [0, 0.1) is 10.1 Å². The summed E-state index contributed by atoms with van der Waals surface area (Å²) in [6, 6.07) is 6.15. The molecule has 0 radical (unpaired) electrons. The molecule has 1 amide bonds. The predicted molar refractivity (Wildman–Crippen MR) is 71.1 cm³/mol. The van der Waals surface area contributed by atoms with Crippen molar-refractivity contribution in [2.24, 2.45) is 0 Å². The van der Waals surface area contributed by atoms with Crippen LogP contribution in [0.1, 0.15) is 24.2 Å². The van der Waals surface area contributed by atoms with E-state index in [9.17, 15) is 14.9 Å². The van der Waals surface area contributed by atoms with Crippen LogP contribution in [-0.4, -0.2) is 40.9 Å². The van der Waals surface area contributed by atoms with E-state index in [1.54, 1.807) is 17.0 Å². The summed E-state index contributed by atoms with van der Waals surface area (Å²) in [5, 5.41) is 14.2. The van der Waals surface area contributed by atoms with Crippen LogP contribution in [-0.2, 0) is 0 Å². The van der Waals surface area contributed by atoms with Crippen molar-refractivity contribution in [1.82, 2.24) is 10.2 Å². The number of hydrogen-bond acceptors (Lipinski definition) is 4. The first-order valence-corrected chi connectivity index (χ1v) is 6.29. The molecule has 0 aliphatic carbocycles. The van der Waals surface area contributed by atoms with E-state index in [1.165, 1.54) is 12.1 Å². The van der Waals surface area contributed by atoms with Crippen LogP contribution in [0.25, 0.3) is 0 Å². The molecule has 1 aliphatic heterocycles. The van der Waals surface area contributed by atoms with Crippen molar-refractivity contribution < 1.29 is 9.72 Å². The highest BCUT2D eigenvalue weighted by molar-refractivity contribution is 5.98. The van der Waals surface area contributed by atoms with Gasteiger partial charge in [-0.25, -0.2) is 0 Å². The smallest absolute Gasteiger partial charge is 0.282 e. The Bertz CT molecular complexity index is 494. The number of nitro groups is 1. The number of para-hydroxylation sites is 1. The van der Waals surface area contributed by atoms with Crippen LogP contribution in [0.15, 0.2) is 24.3 Å². The van der Waals surface area contributed by atoms with Crippen LogP contribution in [0.2, 0.25) is 0 Å². The molecule has 2 atom stereocenters. The molecule has 0 aromatic heterocycles. The lowest BCUT2D eigenvalue weighted by molar-refractivity contribution is -0.385. The molecule has 1 saturated heterocycles. The quantitative estimate of drug-likeness (QED) is 0.646. The van der Waals surface area contributed by atoms with E-state index in [2.05, 4.69) is 5.32 Å². The average Bonchev–Trinajstić information content (AvgIpc) is 2.38. The van der Waals surface area contributed by atoms with E-state index >= 15 is 0 Å². The van der Waals surface area contributed by atoms with Crippen molar-refractivity contribution in [1.29, 1.82) is 0 Å². The molecular weight excluding hydrogens is 246 g/mol. The molecule has 0 saturated carbocycles. The van der Waals surface area contributed by atoms with Gasteiger partial charge < -0.3 is 10.2 Å². The number of nitrogens with one attached hydrogen (secondary N) is 1. The van der Waals surface area contributed by atoms with Gasteiger partial charge >= 0.3 is 0 Å². The first-order chi connectivity index (χ1) is 9.02. The summed E-state index contributed by atoms with van der Waals surface area (Å²) in [5.41, 5.74) is 0.0264. The summed E-state index contributed by atoms with van der Waals surface area (Å²) in [4.78, 5) is 24.7. The SMILES string of the molecule is CC1CNCC(C)N1C(=O)c1ccccc1[N+](=O)[O-]. The Morgan fingerprint density at radius 1 is 1.32 bits per heavy atom. The molecule has 1 aromatic rings. The largest absolute Gasteiger partial charge is 0.330 e. The number of piperazine rings is 1. The molecule has 2 rings (SSSR count). The highest BCUT2D eigenvalue weighted by atomic mass is 16.6. The Morgan fingerprint density at radius 2 is 1.89 bits per heavy atom. The second-order valence-electron chi connectivity index (χ2n) is 4.84. The van der Waals surface area contributed by atoms with Crippen LogP contribution in [0.4, 0.5) is 5.69 Å². The van der Waals surface area contributed by atoms with Gasteiger partial charge in [-0.1, -0.05) is 12.1 Å². The molecule has 1 N–H and O–H groups in total. The number of nitrogens with zero attached hydrogens (tertiary/aromatic N) is 2. The molecule has 0 spiro atoms. The Kier molecular flexibility index (Phi) is 3.80. The number of rotatable bonds is 2. The minimum atomic E-state index is -0.509. The van der Waals surface area contributed by atoms with E-state index in [4.69, 9.17) is 0 Å². The topological polar surface area (TPSA) is 75.5 Å². The maximum absolute atomic E-state index is 12.5. The summed E-state index contributed by atoms with van der Waals surface area (Å²) < 4.78 is 0. The summed E-state index contributed by atoms with van der Waals surface area (Å²) in [7, 11) is 0. The molecule has 1 aromatic carbocycles. The Morgan fingerprint density at radius 3 is 2.47 bits per heavy atom. The monoisotopic (exact) mass is 263 g/mol. The molecule has 0 bridgehead atoms. The van der Waals surface area contributed by atoms with Gasteiger partial charge in [0.2, 0.25) is 0 Å². The standard InChI is InChI=1S/C13H17N3O3/c1-9-7-14-8-10(2)15(9)13(17)11-5-3-4-6-12(11)16(18)19/h3-6,9-10,14H,7-8H2,1-2H3. The lowest BCUT2D eigenvalue weighted by Crippen LogP contribution is -2.57. The highest BCUT2D eigenvalue weighted by Crippen LogP contribution is 2.22. The van der Waals surface area contributed by atoms with Gasteiger partial charge in [0.05, 0.1) is 4.92 Å². The maximum atomic E-state index is 12.5. The van der Waals surface area contributed by atoms with Gasteiger partial charge in [0.1, 0.15) is 5.56 Å². The lowest BCUT2D eigenvalue weighted by atomic mass is 10.1. The number of amides is 1. The van der Waals surface area contributed by atoms with Crippen LogP contribution >= 0.6 is 0 Å². The Balaban J connectivity index is 2.36. The summed E-state index contributed by atoms with van der Waals surface area (Å²) in [5.74, 6) is -0.270. The van der Waals surface area contributed by atoms with Gasteiger partial charge in [-0.15, -0.1) is 0 Å². The summed E-state index contributed by atoms with van der Waals surface area (Å²) >= 11 is 0. The third kappa shape index (κ3) is 2.58. The van der Waals surface area contributed by atoms with Crippen molar-refractivity contribution in [2.45, 2.75) is 25.9 Å². The van der Waals surface area contributed by atoms with Crippen LogP contribution in [0.5, 0.6) is 0 Å². The normalized spacial score (nSPS) is 23.2. The molecular formula is C13H17N3O3.